The van der Waals surface area contributed by atoms with Gasteiger partial charge < -0.3 is 15.4 Å². The summed E-state index contributed by atoms with van der Waals surface area (Å²) < 4.78 is 5.97. The van der Waals surface area contributed by atoms with Crippen LogP contribution >= 0.6 is 39.3 Å². The fourth-order valence-electron chi connectivity index (χ4n) is 2.56. The normalized spacial score (nSPS) is 18.1. The lowest BCUT2D eigenvalue weighted by molar-refractivity contribution is -0.116. The van der Waals surface area contributed by atoms with Crippen molar-refractivity contribution in [2.75, 3.05) is 12.4 Å². The zero-order valence-corrected chi connectivity index (χ0v) is 17.5. The number of hydrogen-bond donors (Lipinski definition) is 2. The number of rotatable bonds is 5. The van der Waals surface area contributed by atoms with E-state index < -0.39 is 0 Å². The lowest BCUT2D eigenvalue weighted by Gasteiger charge is -2.12. The second kappa shape index (κ2) is 8.37. The third-order valence-corrected chi connectivity index (χ3v) is 5.81. The molecule has 0 unspecified atom stereocenters. The van der Waals surface area contributed by atoms with Crippen LogP contribution in [0.1, 0.15) is 18.1 Å². The Bertz CT molecular complexity index is 832. The van der Waals surface area contributed by atoms with Crippen molar-refractivity contribution in [3.63, 3.8) is 0 Å². The minimum absolute atomic E-state index is 0.110. The highest BCUT2D eigenvalue weighted by atomic mass is 79.9. The lowest BCUT2D eigenvalue weighted by atomic mass is 10.1. The summed E-state index contributed by atoms with van der Waals surface area (Å²) in [6.45, 7) is 2.12. The standard InChI is InChI=1S/C19H18BrClN2O2S/c1-3-11-4-6-13(7-5-11)22-19-23-18(24)16(26-19)10-12-8-14(20)17(25-2)15(21)9-12/h4-10,19,22H,3H2,1-2H3,(H,23,24)/b16-10-/t19-/m1/s1. The zero-order valence-electron chi connectivity index (χ0n) is 14.3. The van der Waals surface area contributed by atoms with Crippen molar-refractivity contribution in [3.05, 3.63) is 61.9 Å². The van der Waals surface area contributed by atoms with Crippen molar-refractivity contribution in [2.24, 2.45) is 0 Å². The van der Waals surface area contributed by atoms with Crippen LogP contribution in [-0.4, -0.2) is 18.5 Å². The average molecular weight is 454 g/mol. The molecule has 3 rings (SSSR count). The number of carbonyl (C=O) groups excluding carboxylic acids is 1. The molecule has 2 aromatic carbocycles. The van der Waals surface area contributed by atoms with E-state index in [4.69, 9.17) is 16.3 Å². The molecule has 1 heterocycles. The molecule has 1 amide bonds. The van der Waals surface area contributed by atoms with Gasteiger partial charge in [-0.1, -0.05) is 42.4 Å². The molecule has 1 aliphatic heterocycles. The highest BCUT2D eigenvalue weighted by Gasteiger charge is 2.27. The van der Waals surface area contributed by atoms with E-state index in [0.29, 0.717) is 15.7 Å². The predicted molar refractivity (Wildman–Crippen MR) is 113 cm³/mol. The van der Waals surface area contributed by atoms with E-state index >= 15 is 0 Å². The summed E-state index contributed by atoms with van der Waals surface area (Å²) in [5.41, 5.74) is 2.87. The second-order valence-corrected chi connectivity index (χ2v) is 8.10. The third kappa shape index (κ3) is 4.37. The monoisotopic (exact) mass is 452 g/mol. The summed E-state index contributed by atoms with van der Waals surface area (Å²) in [5.74, 6) is 0.466. The first-order chi connectivity index (χ1) is 12.5. The predicted octanol–water partition coefficient (Wildman–Crippen LogP) is 5.27. The van der Waals surface area contributed by atoms with Crippen molar-refractivity contribution in [3.8, 4) is 5.75 Å². The number of methoxy groups -OCH3 is 1. The smallest absolute Gasteiger partial charge is 0.260 e. The molecule has 0 radical (unpaired) electrons. The molecule has 1 atom stereocenters. The zero-order chi connectivity index (χ0) is 18.7. The van der Waals surface area contributed by atoms with E-state index in [9.17, 15) is 4.79 Å². The van der Waals surface area contributed by atoms with Crippen LogP contribution in [0.15, 0.2) is 45.8 Å². The van der Waals surface area contributed by atoms with Crippen molar-refractivity contribution in [1.29, 1.82) is 0 Å². The highest BCUT2D eigenvalue weighted by molar-refractivity contribution is 9.10. The topological polar surface area (TPSA) is 50.4 Å². The first-order valence-corrected chi connectivity index (χ1v) is 10.1. The van der Waals surface area contributed by atoms with Gasteiger partial charge in [0, 0.05) is 5.69 Å². The van der Waals surface area contributed by atoms with Gasteiger partial charge in [0.05, 0.1) is 21.5 Å². The van der Waals surface area contributed by atoms with Gasteiger partial charge in [0.1, 0.15) is 0 Å². The molecule has 136 valence electrons. The van der Waals surface area contributed by atoms with E-state index in [-0.39, 0.29) is 11.4 Å². The van der Waals surface area contributed by atoms with Crippen LogP contribution in [0.25, 0.3) is 6.08 Å². The summed E-state index contributed by atoms with van der Waals surface area (Å²) in [6, 6.07) is 11.8. The van der Waals surface area contributed by atoms with Crippen molar-refractivity contribution >= 4 is 57.0 Å². The van der Waals surface area contributed by atoms with E-state index in [0.717, 1.165) is 22.1 Å². The number of halogens is 2. The number of anilines is 1. The van der Waals surface area contributed by atoms with Crippen molar-refractivity contribution in [2.45, 2.75) is 18.8 Å². The van der Waals surface area contributed by atoms with Crippen LogP contribution in [0.2, 0.25) is 5.02 Å². The summed E-state index contributed by atoms with van der Waals surface area (Å²) >= 11 is 11.1. The Hall–Kier alpha value is -1.63. The van der Waals surface area contributed by atoms with Gasteiger partial charge in [0.2, 0.25) is 0 Å². The number of amides is 1. The Morgan fingerprint density at radius 1 is 1.35 bits per heavy atom. The lowest BCUT2D eigenvalue weighted by Crippen LogP contribution is -2.30. The Morgan fingerprint density at radius 2 is 2.08 bits per heavy atom. The quantitative estimate of drug-likeness (QED) is 0.605. The molecule has 0 aromatic heterocycles. The molecule has 1 fully saturated rings. The maximum Gasteiger partial charge on any atom is 0.260 e. The van der Waals surface area contributed by atoms with Crippen LogP contribution in [0.3, 0.4) is 0 Å². The third-order valence-electron chi connectivity index (χ3n) is 3.91. The number of benzene rings is 2. The Balaban J connectivity index is 1.73. The molecule has 0 saturated carbocycles. The Morgan fingerprint density at radius 3 is 2.69 bits per heavy atom. The fraction of sp³-hybridized carbons (Fsp3) is 0.211. The molecule has 2 N–H and O–H groups in total. The number of thioether (sulfide) groups is 1. The first kappa shape index (κ1) is 19.1. The Kier molecular flexibility index (Phi) is 6.16. The maximum atomic E-state index is 12.3. The maximum absolute atomic E-state index is 12.3. The largest absolute Gasteiger partial charge is 0.494 e. The van der Waals surface area contributed by atoms with Crippen LogP contribution < -0.4 is 15.4 Å². The summed E-state index contributed by atoms with van der Waals surface area (Å²) in [7, 11) is 1.56. The molecule has 4 nitrogen and oxygen atoms in total. The van der Waals surface area contributed by atoms with Gasteiger partial charge in [-0.15, -0.1) is 0 Å². The highest BCUT2D eigenvalue weighted by Crippen LogP contribution is 2.36. The molecule has 0 bridgehead atoms. The number of carbonyl (C=O) groups is 1. The molecule has 1 saturated heterocycles. The number of hydrogen-bond acceptors (Lipinski definition) is 4. The van der Waals surface area contributed by atoms with Gasteiger partial charge in [-0.3, -0.25) is 4.79 Å². The van der Waals surface area contributed by atoms with Crippen molar-refractivity contribution in [1.82, 2.24) is 5.32 Å². The van der Waals surface area contributed by atoms with Crippen LogP contribution in [0.5, 0.6) is 5.75 Å². The molecule has 2 aromatic rings. The van der Waals surface area contributed by atoms with Crippen LogP contribution in [0.4, 0.5) is 5.69 Å². The summed E-state index contributed by atoms with van der Waals surface area (Å²) in [4.78, 5) is 12.9. The van der Waals surface area contributed by atoms with Crippen molar-refractivity contribution < 1.29 is 9.53 Å². The molecule has 1 aliphatic rings. The first-order valence-electron chi connectivity index (χ1n) is 8.08. The molecular weight excluding hydrogens is 436 g/mol. The number of ether oxygens (including phenoxy) is 1. The van der Waals surface area contributed by atoms with Gasteiger partial charge in [0.25, 0.3) is 5.91 Å². The second-order valence-electron chi connectivity index (χ2n) is 5.69. The number of nitrogens with one attached hydrogen (secondary N) is 2. The van der Waals surface area contributed by atoms with Crippen LogP contribution in [0, 0.1) is 0 Å². The van der Waals surface area contributed by atoms with E-state index in [1.165, 1.54) is 17.3 Å². The molecule has 26 heavy (non-hydrogen) atoms. The van der Waals surface area contributed by atoms with Gasteiger partial charge >= 0.3 is 0 Å². The molecule has 0 aliphatic carbocycles. The van der Waals surface area contributed by atoms with E-state index in [2.05, 4.69) is 45.6 Å². The van der Waals surface area contributed by atoms with Gasteiger partial charge in [-0.2, -0.15) is 0 Å². The molecular formula is C19H18BrClN2O2S. The minimum Gasteiger partial charge on any atom is -0.494 e. The van der Waals surface area contributed by atoms with Gasteiger partial charge in [-0.05, 0) is 63.8 Å². The van der Waals surface area contributed by atoms with E-state index in [1.807, 2.05) is 24.3 Å². The SMILES string of the molecule is CCc1ccc(N[C@@H]2NC(=O)/C(=C/c3cc(Cl)c(OC)c(Br)c3)S2)cc1. The fourth-order valence-corrected chi connectivity index (χ4v) is 4.61. The van der Waals surface area contributed by atoms with E-state index in [1.54, 1.807) is 13.2 Å². The number of aryl methyl sites for hydroxylation is 1. The van der Waals surface area contributed by atoms with Gasteiger partial charge in [0.15, 0.2) is 11.2 Å². The van der Waals surface area contributed by atoms with Gasteiger partial charge in [-0.25, -0.2) is 0 Å². The molecule has 0 spiro atoms. The summed E-state index contributed by atoms with van der Waals surface area (Å²) in [6.07, 6.45) is 2.82. The summed E-state index contributed by atoms with van der Waals surface area (Å²) in [5, 5.41) is 6.73. The average Bonchev–Trinajstić information content (AvgIpc) is 2.94. The van der Waals surface area contributed by atoms with Crippen LogP contribution in [-0.2, 0) is 11.2 Å². The minimum atomic E-state index is -0.210. The molecule has 7 heteroatoms. The Labute approximate surface area is 170 Å².